The van der Waals surface area contributed by atoms with Crippen molar-refractivity contribution < 1.29 is 18.7 Å². The molecule has 1 saturated heterocycles. The van der Waals surface area contributed by atoms with Crippen LogP contribution >= 0.6 is 0 Å². The number of fused-ring (bicyclic) bond motifs is 1. The van der Waals surface area contributed by atoms with Crippen LogP contribution in [-0.2, 0) is 9.53 Å². The molecular weight excluding hydrogens is 296 g/mol. The fourth-order valence-corrected chi connectivity index (χ4v) is 2.94. The van der Waals surface area contributed by atoms with Crippen molar-refractivity contribution in [1.82, 2.24) is 10.2 Å². The Bertz CT molecular complexity index is 767. The van der Waals surface area contributed by atoms with Crippen LogP contribution < -0.4 is 5.32 Å². The summed E-state index contributed by atoms with van der Waals surface area (Å²) in [5.74, 6) is 0.475. The number of hydrogen-bond acceptors (Lipinski definition) is 4. The Hall–Kier alpha value is -2.34. The Morgan fingerprint density at radius 2 is 2.09 bits per heavy atom. The molecule has 0 aliphatic carbocycles. The van der Waals surface area contributed by atoms with E-state index in [1.54, 1.807) is 31.0 Å². The molecule has 1 fully saturated rings. The molecule has 1 aromatic carbocycles. The minimum Gasteiger partial charge on any atom is -0.461 e. The molecule has 0 spiro atoms. The van der Waals surface area contributed by atoms with Crippen LogP contribution in [0, 0.1) is 6.92 Å². The lowest BCUT2D eigenvalue weighted by Gasteiger charge is -2.39. The van der Waals surface area contributed by atoms with Crippen molar-refractivity contribution in [1.29, 1.82) is 0 Å². The number of hydrogen-bond donors (Lipinski definition) is 1. The highest BCUT2D eigenvalue weighted by Crippen LogP contribution is 2.23. The normalized spacial score (nSPS) is 21.4. The number of nitrogens with zero attached hydrogens (tertiary/aromatic N) is 1. The first-order valence-corrected chi connectivity index (χ1v) is 7.58. The van der Waals surface area contributed by atoms with Gasteiger partial charge in [0.05, 0.1) is 13.2 Å². The molecule has 6 heteroatoms. The van der Waals surface area contributed by atoms with Crippen molar-refractivity contribution in [3.63, 3.8) is 0 Å². The summed E-state index contributed by atoms with van der Waals surface area (Å²) in [6, 6.07) is 7.27. The third-order valence-corrected chi connectivity index (χ3v) is 4.16. The fraction of sp³-hybridized carbons (Fsp3) is 0.412. The van der Waals surface area contributed by atoms with E-state index in [-0.39, 0.29) is 18.4 Å². The monoisotopic (exact) mass is 316 g/mol. The number of rotatable bonds is 2. The molecule has 1 aromatic heterocycles. The highest BCUT2D eigenvalue weighted by molar-refractivity contribution is 5.98. The van der Waals surface area contributed by atoms with E-state index < -0.39 is 5.60 Å². The molecule has 3 rings (SSSR count). The van der Waals surface area contributed by atoms with Gasteiger partial charge < -0.3 is 19.4 Å². The number of morpholine rings is 1. The second-order valence-corrected chi connectivity index (χ2v) is 5.99. The number of nitrogens with one attached hydrogen (secondary N) is 1. The van der Waals surface area contributed by atoms with Crippen LogP contribution in [0.2, 0.25) is 0 Å². The average Bonchev–Trinajstić information content (AvgIpc) is 2.92. The molecule has 0 bridgehead atoms. The van der Waals surface area contributed by atoms with Crippen molar-refractivity contribution in [2.75, 3.05) is 26.7 Å². The summed E-state index contributed by atoms with van der Waals surface area (Å²) in [6.07, 6.45) is 0. The molecule has 122 valence electrons. The smallest absolute Gasteiger partial charge is 0.254 e. The first-order valence-electron chi connectivity index (χ1n) is 7.58. The van der Waals surface area contributed by atoms with Crippen LogP contribution in [0.5, 0.6) is 0 Å². The van der Waals surface area contributed by atoms with Crippen molar-refractivity contribution in [3.8, 4) is 0 Å². The van der Waals surface area contributed by atoms with Crippen molar-refractivity contribution in [3.05, 3.63) is 35.6 Å². The van der Waals surface area contributed by atoms with Gasteiger partial charge in [-0.25, -0.2) is 0 Å². The van der Waals surface area contributed by atoms with Gasteiger partial charge >= 0.3 is 0 Å². The predicted molar refractivity (Wildman–Crippen MR) is 85.3 cm³/mol. The maximum absolute atomic E-state index is 12.8. The van der Waals surface area contributed by atoms with Crippen LogP contribution in [0.25, 0.3) is 11.0 Å². The fourth-order valence-electron chi connectivity index (χ4n) is 2.94. The van der Waals surface area contributed by atoms with Crippen LogP contribution in [0.15, 0.2) is 28.7 Å². The topological polar surface area (TPSA) is 71.8 Å². The Balaban J connectivity index is 1.84. The van der Waals surface area contributed by atoms with E-state index in [1.807, 2.05) is 19.1 Å². The number of aryl methyl sites for hydroxylation is 1. The molecule has 23 heavy (non-hydrogen) atoms. The summed E-state index contributed by atoms with van der Waals surface area (Å²) in [5, 5.41) is 3.49. The molecule has 0 radical (unpaired) electrons. The Kier molecular flexibility index (Phi) is 3.85. The second-order valence-electron chi connectivity index (χ2n) is 5.99. The molecule has 0 unspecified atom stereocenters. The van der Waals surface area contributed by atoms with Gasteiger partial charge in [0.25, 0.3) is 11.8 Å². The van der Waals surface area contributed by atoms with Gasteiger partial charge in [-0.1, -0.05) is 0 Å². The predicted octanol–water partition coefficient (Wildman–Crippen LogP) is 1.72. The Morgan fingerprint density at radius 3 is 2.83 bits per heavy atom. The number of ether oxygens (including phenoxy) is 1. The van der Waals surface area contributed by atoms with Gasteiger partial charge in [0.2, 0.25) is 0 Å². The van der Waals surface area contributed by atoms with E-state index in [0.717, 1.165) is 16.7 Å². The number of carbonyl (C=O) groups is 2. The summed E-state index contributed by atoms with van der Waals surface area (Å²) in [6.45, 7) is 4.61. The quantitative estimate of drug-likeness (QED) is 0.916. The van der Waals surface area contributed by atoms with Crippen LogP contribution in [0.3, 0.4) is 0 Å². The third kappa shape index (κ3) is 2.82. The van der Waals surface area contributed by atoms with E-state index in [0.29, 0.717) is 18.7 Å². The van der Waals surface area contributed by atoms with E-state index in [9.17, 15) is 9.59 Å². The number of carbonyl (C=O) groups excluding carboxylic acids is 2. The highest BCUT2D eigenvalue weighted by atomic mass is 16.5. The van der Waals surface area contributed by atoms with E-state index in [2.05, 4.69) is 5.32 Å². The van der Waals surface area contributed by atoms with Crippen molar-refractivity contribution in [2.24, 2.45) is 0 Å². The highest BCUT2D eigenvalue weighted by Gasteiger charge is 2.40. The summed E-state index contributed by atoms with van der Waals surface area (Å²) in [5.41, 5.74) is 0.328. The maximum atomic E-state index is 12.8. The zero-order chi connectivity index (χ0) is 16.6. The van der Waals surface area contributed by atoms with E-state index in [4.69, 9.17) is 9.15 Å². The first-order chi connectivity index (χ1) is 10.9. The van der Waals surface area contributed by atoms with Gasteiger partial charge in [0.15, 0.2) is 5.60 Å². The first kappa shape index (κ1) is 15.6. The zero-order valence-electron chi connectivity index (χ0n) is 13.5. The minimum absolute atomic E-state index is 0.107. The van der Waals surface area contributed by atoms with Crippen LogP contribution in [0.4, 0.5) is 0 Å². The van der Waals surface area contributed by atoms with Crippen LogP contribution in [0.1, 0.15) is 23.0 Å². The van der Waals surface area contributed by atoms with Gasteiger partial charge in [-0.2, -0.15) is 0 Å². The third-order valence-electron chi connectivity index (χ3n) is 4.16. The molecule has 2 aromatic rings. The lowest BCUT2D eigenvalue weighted by Crippen LogP contribution is -2.58. The van der Waals surface area contributed by atoms with Gasteiger partial charge in [-0.15, -0.1) is 0 Å². The van der Waals surface area contributed by atoms with E-state index in [1.165, 1.54) is 0 Å². The summed E-state index contributed by atoms with van der Waals surface area (Å²) in [7, 11) is 1.56. The zero-order valence-corrected chi connectivity index (χ0v) is 13.5. The number of likely N-dealkylation sites (N-methyl/N-ethyl adjacent to an activating group) is 1. The average molecular weight is 316 g/mol. The number of furan rings is 1. The lowest BCUT2D eigenvalue weighted by molar-refractivity contribution is -0.153. The molecule has 1 aliphatic rings. The minimum atomic E-state index is -1.01. The summed E-state index contributed by atoms with van der Waals surface area (Å²) < 4.78 is 11.1. The Morgan fingerprint density at radius 1 is 1.30 bits per heavy atom. The maximum Gasteiger partial charge on any atom is 0.254 e. The molecule has 2 heterocycles. The Labute approximate surface area is 134 Å². The van der Waals surface area contributed by atoms with E-state index >= 15 is 0 Å². The van der Waals surface area contributed by atoms with Crippen molar-refractivity contribution >= 4 is 22.8 Å². The van der Waals surface area contributed by atoms with Gasteiger partial charge in [-0.05, 0) is 38.1 Å². The lowest BCUT2D eigenvalue weighted by atomic mass is 10.0. The molecule has 1 atom stereocenters. The number of benzene rings is 1. The molecular formula is C17H20N2O4. The summed E-state index contributed by atoms with van der Waals surface area (Å²) in [4.78, 5) is 26.4. The van der Waals surface area contributed by atoms with Gasteiger partial charge in [0, 0.05) is 24.5 Å². The molecule has 2 amide bonds. The molecule has 1 N–H and O–H groups in total. The second kappa shape index (κ2) is 5.70. The van der Waals surface area contributed by atoms with Crippen molar-refractivity contribution in [2.45, 2.75) is 19.4 Å². The molecule has 1 aliphatic heterocycles. The summed E-state index contributed by atoms with van der Waals surface area (Å²) >= 11 is 0. The number of amides is 2. The van der Waals surface area contributed by atoms with Gasteiger partial charge in [-0.3, -0.25) is 9.59 Å². The largest absolute Gasteiger partial charge is 0.461 e. The van der Waals surface area contributed by atoms with Gasteiger partial charge in [0.1, 0.15) is 11.3 Å². The molecule has 0 saturated carbocycles. The standard InChI is InChI=1S/C17H20N2O4/c1-11-8-13-9-12(4-5-14(13)23-11)15(20)19-6-7-22-17(2,10-19)16(21)18-3/h4-5,8-9H,6-7,10H2,1-3H3,(H,18,21)/t17-/m1/s1. The van der Waals surface area contributed by atoms with Crippen LogP contribution in [-0.4, -0.2) is 49.1 Å². The SMILES string of the molecule is CNC(=O)[C@@]1(C)CN(C(=O)c2ccc3oc(C)cc3c2)CCO1. The molecule has 6 nitrogen and oxygen atoms in total.